The summed E-state index contributed by atoms with van der Waals surface area (Å²) in [4.78, 5) is 86.1. The molecule has 2 amide bonds. The van der Waals surface area contributed by atoms with Gasteiger partial charge in [-0.25, -0.2) is 0 Å². The molecular formula is C31H44N6O8. The molecule has 14 nitrogen and oxygen atoms in total. The quantitative estimate of drug-likeness (QED) is 0.179. The van der Waals surface area contributed by atoms with Crippen LogP contribution in [0.2, 0.25) is 0 Å². The molecule has 2 unspecified atom stereocenters. The van der Waals surface area contributed by atoms with Crippen LogP contribution in [0.1, 0.15) is 36.7 Å². The molecule has 7 atom stereocenters. The number of Topliss-reactive ketones (excluding diaryl/α,β-unsaturated/α-hetero) is 4. The number of anilines is 2. The number of phenolic OH excluding ortho intramolecular Hbond substituents is 1. The summed E-state index contributed by atoms with van der Waals surface area (Å²) in [6, 6.07) is -0.570. The molecule has 3 aliphatic rings. The highest BCUT2D eigenvalue weighted by Gasteiger charge is 2.72. The lowest BCUT2D eigenvalue weighted by Crippen LogP contribution is -2.79. The molecule has 0 aliphatic heterocycles. The molecule has 6 N–H and O–H groups in total. The number of ketones is 4. The summed E-state index contributed by atoms with van der Waals surface area (Å²) in [6.45, 7) is 5.57. The molecule has 3 aliphatic carbocycles. The van der Waals surface area contributed by atoms with Crippen LogP contribution in [-0.2, 0) is 30.4 Å². The van der Waals surface area contributed by atoms with Gasteiger partial charge in [0.15, 0.2) is 34.7 Å². The molecule has 0 heterocycles. The molecule has 0 bridgehead atoms. The number of benzene rings is 1. The van der Waals surface area contributed by atoms with Gasteiger partial charge in [-0.05, 0) is 72.9 Å². The van der Waals surface area contributed by atoms with E-state index in [0.717, 1.165) is 0 Å². The van der Waals surface area contributed by atoms with E-state index < -0.39 is 82.1 Å². The fraction of sp³-hybridized carbons (Fsp3) is 0.613. The zero-order chi connectivity index (χ0) is 34.1. The van der Waals surface area contributed by atoms with Crippen LogP contribution in [0.15, 0.2) is 6.07 Å². The zero-order valence-electron chi connectivity index (χ0n) is 27.2. The van der Waals surface area contributed by atoms with Crippen LogP contribution in [-0.4, -0.2) is 127 Å². The van der Waals surface area contributed by atoms with Gasteiger partial charge in [-0.15, -0.1) is 0 Å². The first kappa shape index (κ1) is 34.2. The van der Waals surface area contributed by atoms with E-state index in [-0.39, 0.29) is 29.8 Å². The van der Waals surface area contributed by atoms with Crippen molar-refractivity contribution in [2.24, 2.45) is 29.4 Å². The van der Waals surface area contributed by atoms with E-state index in [9.17, 15) is 39.0 Å². The van der Waals surface area contributed by atoms with Crippen LogP contribution in [0.5, 0.6) is 5.75 Å². The number of fused-ring (bicyclic) bond motifs is 3. The highest BCUT2D eigenvalue weighted by Crippen LogP contribution is 2.53. The Kier molecular flexibility index (Phi) is 8.79. The van der Waals surface area contributed by atoms with Crippen molar-refractivity contribution in [2.75, 3.05) is 59.0 Å². The maximum absolute atomic E-state index is 14.4. The maximum atomic E-state index is 14.4. The fourth-order valence-corrected chi connectivity index (χ4v) is 7.40. The summed E-state index contributed by atoms with van der Waals surface area (Å²) in [7, 11) is 9.86. The Morgan fingerprint density at radius 1 is 1.02 bits per heavy atom. The minimum Gasteiger partial charge on any atom is -0.505 e. The third-order valence-electron chi connectivity index (χ3n) is 9.25. The molecule has 0 saturated heterocycles. The Bertz CT molecular complexity index is 1480. The second-order valence-corrected chi connectivity index (χ2v) is 14.0. The molecule has 4 rings (SSSR count). The molecule has 0 radical (unpaired) electrons. The number of amides is 2. The molecule has 14 heteroatoms. The summed E-state index contributed by atoms with van der Waals surface area (Å²) in [5.41, 5.74) is 2.87. The van der Waals surface area contributed by atoms with Gasteiger partial charge in [-0.2, -0.15) is 0 Å². The number of carbonyl (C=O) groups excluding carboxylic acids is 6. The molecule has 2 saturated carbocycles. The van der Waals surface area contributed by atoms with Gasteiger partial charge < -0.3 is 36.4 Å². The maximum Gasteiger partial charge on any atom is 0.238 e. The van der Waals surface area contributed by atoms with Crippen molar-refractivity contribution >= 4 is 46.3 Å². The van der Waals surface area contributed by atoms with Gasteiger partial charge in [0.05, 0.1) is 29.8 Å². The number of primary amides is 1. The predicted octanol–water partition coefficient (Wildman–Crippen LogP) is -1.20. The first-order valence-corrected chi connectivity index (χ1v) is 14.8. The van der Waals surface area contributed by atoms with Crippen LogP contribution >= 0.6 is 0 Å². The number of nitrogens with two attached hydrogens (primary N) is 1. The number of aliphatic hydroxyl groups is 1. The molecule has 1 aromatic rings. The zero-order valence-corrected chi connectivity index (χ0v) is 27.2. The van der Waals surface area contributed by atoms with Gasteiger partial charge in [0, 0.05) is 37.3 Å². The Balaban J connectivity index is 1.92. The van der Waals surface area contributed by atoms with Crippen LogP contribution in [0.3, 0.4) is 0 Å². The third-order valence-corrected chi connectivity index (χ3v) is 9.25. The SMILES string of the molecule is CN(C)c1cc(NC(=O)CNC(C)(C)C)c(O)c2c1C[C@@H]1C(C2=O)C(=O)[C@]2(O)C(=O)C(C(N)=O)C(=O)[C@@H](N(C)C)[C@@H]2[C@H]1N(C)C. The van der Waals surface area contributed by atoms with Crippen molar-refractivity contribution in [1.29, 1.82) is 0 Å². The normalized spacial score (nSPS) is 29.8. The van der Waals surface area contributed by atoms with Gasteiger partial charge in [0.25, 0.3) is 0 Å². The average Bonchev–Trinajstić information content (AvgIpc) is 2.89. The number of aromatic hydroxyl groups is 1. The molecule has 0 aromatic heterocycles. The summed E-state index contributed by atoms with van der Waals surface area (Å²) >= 11 is 0. The molecule has 246 valence electrons. The van der Waals surface area contributed by atoms with E-state index in [2.05, 4.69) is 10.6 Å². The van der Waals surface area contributed by atoms with Crippen molar-refractivity contribution < 1.29 is 39.0 Å². The minimum absolute atomic E-state index is 0.0465. The van der Waals surface area contributed by atoms with Gasteiger partial charge in [-0.1, -0.05) is 0 Å². The standard InChI is InChI=1S/C31H44N6O8/c1-30(2,3)33-12-17(38)34-15-11-16(35(4)5)13-10-14-19(25(40)18(13)24(15)39)27(42)31(45)21(22(14)36(6)7)23(37(8)9)26(41)20(28(31)43)29(32)44/h11,14,19-23,33,39,45H,10,12H2,1-9H3,(H2,32,44)(H,34,38)/t14-,19?,20?,21+,22+,23+,31+/m1/s1. The van der Waals surface area contributed by atoms with Crippen LogP contribution in [0.25, 0.3) is 0 Å². The summed E-state index contributed by atoms with van der Waals surface area (Å²) in [5, 5.41) is 29.2. The molecule has 2 fully saturated rings. The Labute approximate surface area is 262 Å². The topological polar surface area (TPSA) is 203 Å². The Morgan fingerprint density at radius 2 is 1.62 bits per heavy atom. The van der Waals surface area contributed by atoms with E-state index in [1.807, 2.05) is 20.8 Å². The Morgan fingerprint density at radius 3 is 2.11 bits per heavy atom. The number of hydrogen-bond donors (Lipinski definition) is 5. The second-order valence-electron chi connectivity index (χ2n) is 14.0. The van der Waals surface area contributed by atoms with Gasteiger partial charge in [-0.3, -0.25) is 33.7 Å². The van der Waals surface area contributed by atoms with E-state index >= 15 is 0 Å². The number of nitrogens with one attached hydrogen (secondary N) is 2. The molecule has 1 aromatic carbocycles. The fourth-order valence-electron chi connectivity index (χ4n) is 7.40. The van der Waals surface area contributed by atoms with E-state index in [1.165, 1.54) is 19.0 Å². The van der Waals surface area contributed by atoms with Crippen LogP contribution in [0.4, 0.5) is 11.4 Å². The molecule has 0 spiro atoms. The van der Waals surface area contributed by atoms with E-state index in [1.54, 1.807) is 44.1 Å². The summed E-state index contributed by atoms with van der Waals surface area (Å²) in [5.74, 6) is -12.3. The number of carbonyl (C=O) groups is 6. The van der Waals surface area contributed by atoms with E-state index in [0.29, 0.717) is 11.3 Å². The van der Waals surface area contributed by atoms with Crippen LogP contribution in [0, 0.1) is 23.7 Å². The first-order valence-electron chi connectivity index (χ1n) is 14.8. The highest BCUT2D eigenvalue weighted by molar-refractivity contribution is 6.32. The van der Waals surface area contributed by atoms with E-state index in [4.69, 9.17) is 5.73 Å². The lowest BCUT2D eigenvalue weighted by molar-refractivity contribution is -0.188. The van der Waals surface area contributed by atoms with Gasteiger partial charge in [0.1, 0.15) is 5.75 Å². The summed E-state index contributed by atoms with van der Waals surface area (Å²) < 4.78 is 0. The largest absolute Gasteiger partial charge is 0.505 e. The first-order chi connectivity index (χ1) is 20.7. The number of phenols is 1. The number of rotatable bonds is 7. The third kappa shape index (κ3) is 5.43. The smallest absolute Gasteiger partial charge is 0.238 e. The predicted molar refractivity (Wildman–Crippen MR) is 165 cm³/mol. The summed E-state index contributed by atoms with van der Waals surface area (Å²) in [6.07, 6.45) is 0.0650. The molecule has 45 heavy (non-hydrogen) atoms. The minimum atomic E-state index is -2.89. The van der Waals surface area contributed by atoms with Crippen molar-refractivity contribution in [1.82, 2.24) is 15.1 Å². The lowest BCUT2D eigenvalue weighted by atomic mass is 9.50. The van der Waals surface area contributed by atoms with Gasteiger partial charge >= 0.3 is 0 Å². The van der Waals surface area contributed by atoms with Crippen molar-refractivity contribution in [3.63, 3.8) is 0 Å². The molecular weight excluding hydrogens is 584 g/mol. The Hall–Kier alpha value is -3.72. The highest BCUT2D eigenvalue weighted by atomic mass is 16.3. The average molecular weight is 629 g/mol. The van der Waals surface area contributed by atoms with Crippen molar-refractivity contribution in [2.45, 2.75) is 50.4 Å². The number of likely N-dealkylation sites (N-methyl/N-ethyl adjacent to an activating group) is 1. The number of hydrogen-bond acceptors (Lipinski definition) is 12. The van der Waals surface area contributed by atoms with Gasteiger partial charge in [0.2, 0.25) is 11.8 Å². The van der Waals surface area contributed by atoms with Crippen molar-refractivity contribution in [3.05, 3.63) is 17.2 Å². The monoisotopic (exact) mass is 628 g/mol. The number of nitrogens with zero attached hydrogens (tertiary/aromatic N) is 3. The van der Waals surface area contributed by atoms with Crippen LogP contribution < -0.4 is 21.3 Å². The second kappa shape index (κ2) is 11.6. The lowest BCUT2D eigenvalue weighted by Gasteiger charge is -2.57. The van der Waals surface area contributed by atoms with Crippen molar-refractivity contribution in [3.8, 4) is 5.75 Å².